The van der Waals surface area contributed by atoms with Crippen LogP contribution in [0.1, 0.15) is 19.8 Å². The third-order valence-electron chi connectivity index (χ3n) is 2.37. The van der Waals surface area contributed by atoms with Gasteiger partial charge < -0.3 is 5.11 Å². The molecule has 0 amide bonds. The van der Waals surface area contributed by atoms with Crippen molar-refractivity contribution in [3.05, 3.63) is 0 Å². The lowest BCUT2D eigenvalue weighted by Crippen LogP contribution is -2.47. The average Bonchev–Trinajstić information content (AvgIpc) is 2.15. The second kappa shape index (κ2) is 4.59. The lowest BCUT2D eigenvalue weighted by molar-refractivity contribution is 0.00337. The third-order valence-corrected chi connectivity index (χ3v) is 2.37. The van der Waals surface area contributed by atoms with Gasteiger partial charge in [0.1, 0.15) is 5.67 Å². The minimum absolute atomic E-state index is 0.318. The van der Waals surface area contributed by atoms with Crippen molar-refractivity contribution in [1.82, 2.24) is 4.90 Å². The molecule has 1 aliphatic rings. The molecule has 1 atom stereocenters. The number of hydrogen-bond acceptors (Lipinski definition) is 2. The summed E-state index contributed by atoms with van der Waals surface area (Å²) in [5.41, 5.74) is -1.40. The fourth-order valence-electron chi connectivity index (χ4n) is 1.63. The van der Waals surface area contributed by atoms with E-state index in [2.05, 4.69) is 11.8 Å². The van der Waals surface area contributed by atoms with Gasteiger partial charge in [-0.25, -0.2) is 4.39 Å². The van der Waals surface area contributed by atoms with Gasteiger partial charge >= 0.3 is 0 Å². The SMILES string of the molecule is CC#CCN1CCC[C@](F)(CO)C1. The minimum atomic E-state index is -1.40. The maximum Gasteiger partial charge on any atom is 0.146 e. The molecule has 0 bridgehead atoms. The molecule has 1 rings (SSSR count). The molecule has 74 valence electrons. The van der Waals surface area contributed by atoms with Gasteiger partial charge in [0.25, 0.3) is 0 Å². The zero-order chi connectivity index (χ0) is 9.73. The molecule has 1 heterocycles. The predicted octanol–water partition coefficient (Wildman–Crippen LogP) is 0.806. The van der Waals surface area contributed by atoms with Crippen molar-refractivity contribution < 1.29 is 9.50 Å². The molecular weight excluding hydrogens is 169 g/mol. The van der Waals surface area contributed by atoms with Crippen LogP contribution in [-0.4, -0.2) is 41.9 Å². The van der Waals surface area contributed by atoms with E-state index < -0.39 is 5.67 Å². The van der Waals surface area contributed by atoms with E-state index >= 15 is 0 Å². The average molecular weight is 185 g/mol. The maximum absolute atomic E-state index is 13.6. The first-order chi connectivity index (χ1) is 6.20. The van der Waals surface area contributed by atoms with Crippen LogP contribution in [0.5, 0.6) is 0 Å². The Balaban J connectivity index is 2.44. The Morgan fingerprint density at radius 2 is 2.38 bits per heavy atom. The van der Waals surface area contributed by atoms with Crippen LogP contribution in [0.2, 0.25) is 0 Å². The normalized spacial score (nSPS) is 29.5. The predicted molar refractivity (Wildman–Crippen MR) is 50.0 cm³/mol. The molecule has 1 aliphatic heterocycles. The van der Waals surface area contributed by atoms with Gasteiger partial charge in [-0.2, -0.15) is 0 Å². The number of piperidine rings is 1. The second-order valence-electron chi connectivity index (χ2n) is 3.55. The van der Waals surface area contributed by atoms with Crippen molar-refractivity contribution in [2.45, 2.75) is 25.4 Å². The van der Waals surface area contributed by atoms with Crippen LogP contribution < -0.4 is 0 Å². The van der Waals surface area contributed by atoms with Crippen molar-refractivity contribution in [2.75, 3.05) is 26.2 Å². The van der Waals surface area contributed by atoms with Crippen LogP contribution in [0.3, 0.4) is 0 Å². The van der Waals surface area contributed by atoms with E-state index in [0.29, 0.717) is 19.5 Å². The Labute approximate surface area is 78.7 Å². The summed E-state index contributed by atoms with van der Waals surface area (Å²) >= 11 is 0. The number of likely N-dealkylation sites (tertiary alicyclic amines) is 1. The summed E-state index contributed by atoms with van der Waals surface area (Å²) in [7, 11) is 0. The van der Waals surface area contributed by atoms with Gasteiger partial charge in [0, 0.05) is 6.54 Å². The van der Waals surface area contributed by atoms with E-state index in [1.54, 1.807) is 6.92 Å². The van der Waals surface area contributed by atoms with E-state index in [-0.39, 0.29) is 6.61 Å². The van der Waals surface area contributed by atoms with Gasteiger partial charge in [0.15, 0.2) is 0 Å². The Morgan fingerprint density at radius 1 is 1.62 bits per heavy atom. The van der Waals surface area contributed by atoms with Crippen LogP contribution in [-0.2, 0) is 0 Å². The molecule has 1 N–H and O–H groups in total. The summed E-state index contributed by atoms with van der Waals surface area (Å²) in [6.07, 6.45) is 1.28. The fourth-order valence-corrected chi connectivity index (χ4v) is 1.63. The maximum atomic E-state index is 13.6. The van der Waals surface area contributed by atoms with Crippen molar-refractivity contribution in [2.24, 2.45) is 0 Å². The first-order valence-corrected chi connectivity index (χ1v) is 4.62. The second-order valence-corrected chi connectivity index (χ2v) is 3.55. The van der Waals surface area contributed by atoms with Crippen LogP contribution in [0.25, 0.3) is 0 Å². The van der Waals surface area contributed by atoms with Crippen LogP contribution in [0, 0.1) is 11.8 Å². The van der Waals surface area contributed by atoms with Crippen LogP contribution in [0.4, 0.5) is 4.39 Å². The number of aliphatic hydroxyl groups is 1. The summed E-state index contributed by atoms with van der Waals surface area (Å²) in [5, 5.41) is 8.86. The van der Waals surface area contributed by atoms with E-state index in [0.717, 1.165) is 13.0 Å². The van der Waals surface area contributed by atoms with E-state index in [1.807, 2.05) is 4.90 Å². The molecule has 0 unspecified atom stereocenters. The molecule has 0 aliphatic carbocycles. The molecular formula is C10H16FNO. The molecule has 0 aromatic rings. The van der Waals surface area contributed by atoms with Crippen molar-refractivity contribution >= 4 is 0 Å². The molecule has 0 aromatic carbocycles. The molecule has 0 radical (unpaired) electrons. The monoisotopic (exact) mass is 185 g/mol. The van der Waals surface area contributed by atoms with Crippen molar-refractivity contribution in [3.63, 3.8) is 0 Å². The Kier molecular flexibility index (Phi) is 3.71. The van der Waals surface area contributed by atoms with Crippen LogP contribution >= 0.6 is 0 Å². The lowest BCUT2D eigenvalue weighted by Gasteiger charge is -2.35. The zero-order valence-corrected chi connectivity index (χ0v) is 8.02. The van der Waals surface area contributed by atoms with E-state index in [1.165, 1.54) is 0 Å². The standard InChI is InChI=1S/C10H16FNO/c1-2-3-6-12-7-4-5-10(11,8-12)9-13/h13H,4-9H2,1H3/t10-/m1/s1. The van der Waals surface area contributed by atoms with Crippen molar-refractivity contribution in [3.8, 4) is 11.8 Å². The fraction of sp³-hybridized carbons (Fsp3) is 0.800. The Morgan fingerprint density at radius 3 is 3.00 bits per heavy atom. The molecule has 3 heteroatoms. The highest BCUT2D eigenvalue weighted by Gasteiger charge is 2.34. The third kappa shape index (κ3) is 2.98. The largest absolute Gasteiger partial charge is 0.393 e. The summed E-state index contributed by atoms with van der Waals surface area (Å²) in [6, 6.07) is 0. The Hall–Kier alpha value is -0.590. The highest BCUT2D eigenvalue weighted by molar-refractivity contribution is 5.00. The molecule has 1 saturated heterocycles. The molecule has 0 saturated carbocycles. The first-order valence-electron chi connectivity index (χ1n) is 4.62. The molecule has 0 spiro atoms. The molecule has 2 nitrogen and oxygen atoms in total. The summed E-state index contributed by atoms with van der Waals surface area (Å²) in [6.45, 7) is 3.22. The number of alkyl halides is 1. The number of halogens is 1. The highest BCUT2D eigenvalue weighted by Crippen LogP contribution is 2.24. The first kappa shape index (κ1) is 10.5. The van der Waals surface area contributed by atoms with E-state index in [9.17, 15) is 4.39 Å². The summed E-state index contributed by atoms with van der Waals surface area (Å²) in [5.74, 6) is 5.69. The topological polar surface area (TPSA) is 23.5 Å². The van der Waals surface area contributed by atoms with Gasteiger partial charge in [0.05, 0.1) is 13.2 Å². The summed E-state index contributed by atoms with van der Waals surface area (Å²) < 4.78 is 13.6. The number of hydrogen-bond donors (Lipinski definition) is 1. The van der Waals surface area contributed by atoms with Crippen molar-refractivity contribution in [1.29, 1.82) is 0 Å². The minimum Gasteiger partial charge on any atom is -0.393 e. The molecule has 1 fully saturated rings. The number of rotatable bonds is 2. The van der Waals surface area contributed by atoms with Gasteiger partial charge in [-0.3, -0.25) is 4.90 Å². The number of aliphatic hydroxyl groups excluding tert-OH is 1. The molecule has 13 heavy (non-hydrogen) atoms. The molecule has 0 aromatic heterocycles. The lowest BCUT2D eigenvalue weighted by atomic mass is 9.96. The van der Waals surface area contributed by atoms with Gasteiger partial charge in [-0.1, -0.05) is 5.92 Å². The summed E-state index contributed by atoms with van der Waals surface area (Å²) in [4.78, 5) is 1.95. The quantitative estimate of drug-likeness (QED) is 0.643. The van der Waals surface area contributed by atoms with Gasteiger partial charge in [-0.15, -0.1) is 5.92 Å². The highest BCUT2D eigenvalue weighted by atomic mass is 19.1. The van der Waals surface area contributed by atoms with Crippen LogP contribution in [0.15, 0.2) is 0 Å². The number of nitrogens with zero attached hydrogens (tertiary/aromatic N) is 1. The smallest absolute Gasteiger partial charge is 0.146 e. The zero-order valence-electron chi connectivity index (χ0n) is 8.02. The Bertz CT molecular complexity index is 221. The van der Waals surface area contributed by atoms with E-state index in [4.69, 9.17) is 5.11 Å². The van der Waals surface area contributed by atoms with Gasteiger partial charge in [-0.05, 0) is 26.3 Å². The van der Waals surface area contributed by atoms with Gasteiger partial charge in [0.2, 0.25) is 0 Å².